The van der Waals surface area contributed by atoms with Crippen molar-refractivity contribution in [3.63, 3.8) is 0 Å². The molecule has 130 valence electrons. The minimum atomic E-state index is 0.682. The molecule has 2 nitrogen and oxygen atoms in total. The first kappa shape index (κ1) is 15.4. The van der Waals surface area contributed by atoms with E-state index in [2.05, 4.69) is 71.3 Å². The standard InChI is InChI=1S/C25H14N2S/c26-15-16-7-1-4-10-20(16)27-21-11-5-2-9-19(21)24-22(27)14-13-18-17-8-3-6-12-23(17)28-25(18)24/h1-14H. The van der Waals surface area contributed by atoms with Gasteiger partial charge in [-0.2, -0.15) is 5.26 Å². The van der Waals surface area contributed by atoms with Crippen LogP contribution in [0.15, 0.2) is 84.9 Å². The summed E-state index contributed by atoms with van der Waals surface area (Å²) in [6.07, 6.45) is 0. The van der Waals surface area contributed by atoms with E-state index in [-0.39, 0.29) is 0 Å². The Labute approximate surface area is 165 Å². The molecule has 2 aromatic heterocycles. The first-order chi connectivity index (χ1) is 13.9. The predicted octanol–water partition coefficient (Wildman–Crippen LogP) is 7.02. The van der Waals surface area contributed by atoms with Crippen molar-refractivity contribution in [3.05, 3.63) is 90.5 Å². The average molecular weight is 374 g/mol. The van der Waals surface area contributed by atoms with Gasteiger partial charge < -0.3 is 4.57 Å². The molecule has 0 unspecified atom stereocenters. The molecule has 0 saturated carbocycles. The summed E-state index contributed by atoms with van der Waals surface area (Å²) in [5.74, 6) is 0. The molecule has 6 rings (SSSR count). The molecule has 6 aromatic rings. The van der Waals surface area contributed by atoms with Gasteiger partial charge in [0, 0.05) is 30.9 Å². The maximum atomic E-state index is 9.67. The van der Waals surface area contributed by atoms with Gasteiger partial charge in [-0.15, -0.1) is 11.3 Å². The molecule has 0 N–H and O–H groups in total. The molecule has 0 spiro atoms. The number of hydrogen-bond donors (Lipinski definition) is 0. The lowest BCUT2D eigenvalue weighted by Gasteiger charge is -2.09. The Morgan fingerprint density at radius 1 is 0.679 bits per heavy atom. The average Bonchev–Trinajstić information content (AvgIpc) is 3.29. The van der Waals surface area contributed by atoms with Crippen molar-refractivity contribution in [1.82, 2.24) is 4.57 Å². The van der Waals surface area contributed by atoms with Crippen molar-refractivity contribution in [2.45, 2.75) is 0 Å². The highest BCUT2D eigenvalue weighted by Crippen LogP contribution is 2.43. The lowest BCUT2D eigenvalue weighted by atomic mass is 10.1. The number of thiophene rings is 1. The fraction of sp³-hybridized carbons (Fsp3) is 0. The lowest BCUT2D eigenvalue weighted by molar-refractivity contribution is 1.17. The molecule has 2 heterocycles. The van der Waals surface area contributed by atoms with Gasteiger partial charge in [-0.3, -0.25) is 0 Å². The first-order valence-corrected chi connectivity index (χ1v) is 10.0. The topological polar surface area (TPSA) is 28.7 Å². The molecular weight excluding hydrogens is 360 g/mol. The van der Waals surface area contributed by atoms with Crippen molar-refractivity contribution in [3.8, 4) is 11.8 Å². The monoisotopic (exact) mass is 374 g/mol. The summed E-state index contributed by atoms with van der Waals surface area (Å²) in [5, 5.41) is 14.8. The molecule has 0 amide bonds. The van der Waals surface area contributed by atoms with Crippen molar-refractivity contribution in [2.24, 2.45) is 0 Å². The number of para-hydroxylation sites is 2. The van der Waals surface area contributed by atoms with Crippen LogP contribution in [0.25, 0.3) is 47.7 Å². The Hall–Kier alpha value is -3.61. The summed E-state index contributed by atoms with van der Waals surface area (Å²) < 4.78 is 4.84. The third-order valence-corrected chi connectivity index (χ3v) is 6.65. The Morgan fingerprint density at radius 3 is 2.32 bits per heavy atom. The SMILES string of the molecule is N#Cc1ccccc1-n1c2ccccc2c2c3sc4ccccc4c3ccc21. The van der Waals surface area contributed by atoms with Crippen molar-refractivity contribution < 1.29 is 0 Å². The van der Waals surface area contributed by atoms with E-state index in [0.717, 1.165) is 16.7 Å². The summed E-state index contributed by atoms with van der Waals surface area (Å²) in [4.78, 5) is 0. The molecule has 4 aromatic carbocycles. The molecule has 0 fully saturated rings. The van der Waals surface area contributed by atoms with Gasteiger partial charge >= 0.3 is 0 Å². The van der Waals surface area contributed by atoms with Crippen LogP contribution in [0, 0.1) is 11.3 Å². The van der Waals surface area contributed by atoms with E-state index in [1.807, 2.05) is 35.6 Å². The van der Waals surface area contributed by atoms with Crippen LogP contribution in [0.4, 0.5) is 0 Å². The molecular formula is C25H14N2S. The van der Waals surface area contributed by atoms with Gasteiger partial charge in [-0.05, 0) is 30.3 Å². The highest BCUT2D eigenvalue weighted by Gasteiger charge is 2.18. The normalized spacial score (nSPS) is 11.5. The van der Waals surface area contributed by atoms with Crippen LogP contribution in [-0.2, 0) is 0 Å². The van der Waals surface area contributed by atoms with Gasteiger partial charge in [0.1, 0.15) is 6.07 Å². The summed E-state index contributed by atoms with van der Waals surface area (Å²) >= 11 is 1.85. The maximum absolute atomic E-state index is 9.67. The molecule has 3 heteroatoms. The number of hydrogen-bond acceptors (Lipinski definition) is 2. The van der Waals surface area contributed by atoms with Crippen molar-refractivity contribution in [1.29, 1.82) is 5.26 Å². The third kappa shape index (κ3) is 1.95. The van der Waals surface area contributed by atoms with E-state index in [0.29, 0.717) is 5.56 Å². The van der Waals surface area contributed by atoms with Crippen molar-refractivity contribution >= 4 is 53.3 Å². The van der Waals surface area contributed by atoms with E-state index < -0.39 is 0 Å². The van der Waals surface area contributed by atoms with Crippen LogP contribution in [0.2, 0.25) is 0 Å². The minimum Gasteiger partial charge on any atom is -0.308 e. The Bertz CT molecular complexity index is 1580. The molecule has 0 bridgehead atoms. The van der Waals surface area contributed by atoms with Crippen LogP contribution in [-0.4, -0.2) is 4.57 Å². The highest BCUT2D eigenvalue weighted by molar-refractivity contribution is 7.26. The van der Waals surface area contributed by atoms with Crippen LogP contribution < -0.4 is 0 Å². The van der Waals surface area contributed by atoms with E-state index in [1.54, 1.807) is 0 Å². The summed E-state index contributed by atoms with van der Waals surface area (Å²) in [5.41, 5.74) is 3.88. The molecule has 0 aliphatic carbocycles. The second-order valence-electron chi connectivity index (χ2n) is 6.92. The van der Waals surface area contributed by atoms with Gasteiger partial charge in [0.2, 0.25) is 0 Å². The lowest BCUT2D eigenvalue weighted by Crippen LogP contribution is -1.96. The molecule has 0 atom stereocenters. The quantitative estimate of drug-likeness (QED) is 0.304. The zero-order valence-corrected chi connectivity index (χ0v) is 15.7. The van der Waals surface area contributed by atoms with Crippen LogP contribution >= 0.6 is 11.3 Å². The van der Waals surface area contributed by atoms with E-state index in [1.165, 1.54) is 30.9 Å². The third-order valence-electron chi connectivity index (χ3n) is 5.45. The van der Waals surface area contributed by atoms with E-state index in [9.17, 15) is 5.26 Å². The van der Waals surface area contributed by atoms with Gasteiger partial charge in [0.15, 0.2) is 0 Å². The zero-order chi connectivity index (χ0) is 18.7. The first-order valence-electron chi connectivity index (χ1n) is 9.20. The number of nitrogens with zero attached hydrogens (tertiary/aromatic N) is 2. The van der Waals surface area contributed by atoms with Crippen LogP contribution in [0.3, 0.4) is 0 Å². The Kier molecular flexibility index (Phi) is 3.14. The molecule has 0 aliphatic rings. The highest BCUT2D eigenvalue weighted by atomic mass is 32.1. The molecule has 28 heavy (non-hydrogen) atoms. The number of benzene rings is 4. The van der Waals surface area contributed by atoms with Crippen LogP contribution in [0.5, 0.6) is 0 Å². The largest absolute Gasteiger partial charge is 0.308 e. The number of nitriles is 1. The summed E-state index contributed by atoms with van der Waals surface area (Å²) in [7, 11) is 0. The summed E-state index contributed by atoms with van der Waals surface area (Å²) in [6, 6.07) is 31.7. The Balaban J connectivity index is 1.88. The minimum absolute atomic E-state index is 0.682. The number of fused-ring (bicyclic) bond motifs is 7. The maximum Gasteiger partial charge on any atom is 0.101 e. The second-order valence-corrected chi connectivity index (χ2v) is 7.97. The fourth-order valence-corrected chi connectivity index (χ4v) is 5.52. The van der Waals surface area contributed by atoms with Crippen LogP contribution in [0.1, 0.15) is 5.56 Å². The van der Waals surface area contributed by atoms with Gasteiger partial charge in [0.25, 0.3) is 0 Å². The fourth-order valence-electron chi connectivity index (χ4n) is 4.26. The van der Waals surface area contributed by atoms with Crippen molar-refractivity contribution in [2.75, 3.05) is 0 Å². The van der Waals surface area contributed by atoms with E-state index in [4.69, 9.17) is 0 Å². The Morgan fingerprint density at radius 2 is 1.43 bits per heavy atom. The predicted molar refractivity (Wildman–Crippen MR) is 118 cm³/mol. The number of rotatable bonds is 1. The van der Waals surface area contributed by atoms with E-state index >= 15 is 0 Å². The smallest absolute Gasteiger partial charge is 0.101 e. The second kappa shape index (κ2) is 5.69. The molecule has 0 aliphatic heterocycles. The van der Waals surface area contributed by atoms with Gasteiger partial charge in [0.05, 0.1) is 22.3 Å². The zero-order valence-electron chi connectivity index (χ0n) is 14.9. The molecule has 0 saturated heterocycles. The number of aromatic nitrogens is 1. The van der Waals surface area contributed by atoms with Gasteiger partial charge in [-0.1, -0.05) is 54.6 Å². The summed E-state index contributed by atoms with van der Waals surface area (Å²) in [6.45, 7) is 0. The molecule has 0 radical (unpaired) electrons. The van der Waals surface area contributed by atoms with Gasteiger partial charge in [-0.25, -0.2) is 0 Å².